The molecule has 0 spiro atoms. The summed E-state index contributed by atoms with van der Waals surface area (Å²) in [5.74, 6) is 7.89. The Balaban J connectivity index is 1.57. The van der Waals surface area contributed by atoms with Gasteiger partial charge in [0, 0.05) is 19.5 Å². The Morgan fingerprint density at radius 2 is 1.93 bits per heavy atom. The largest absolute Gasteiger partial charge is 0.497 e. The van der Waals surface area contributed by atoms with Crippen molar-refractivity contribution >= 4 is 17.7 Å². The molecule has 2 heterocycles. The lowest BCUT2D eigenvalue weighted by atomic mass is 10.1. The van der Waals surface area contributed by atoms with Gasteiger partial charge in [0.15, 0.2) is 5.82 Å². The van der Waals surface area contributed by atoms with E-state index in [4.69, 9.17) is 15.3 Å². The number of nitrogen functional groups attached to an aromatic ring is 1. The zero-order chi connectivity index (χ0) is 19.4. The van der Waals surface area contributed by atoms with Crippen molar-refractivity contribution in [2.24, 2.45) is 0 Å². The second kappa shape index (κ2) is 8.62. The zero-order valence-corrected chi connectivity index (χ0v) is 16.6. The minimum absolute atomic E-state index is 0.0527. The van der Waals surface area contributed by atoms with Crippen LogP contribution >= 0.6 is 11.8 Å². The van der Waals surface area contributed by atoms with E-state index >= 15 is 0 Å². The van der Waals surface area contributed by atoms with Crippen molar-refractivity contribution in [3.63, 3.8) is 0 Å². The molecule has 9 heteroatoms. The van der Waals surface area contributed by atoms with Gasteiger partial charge in [-0.3, -0.25) is 4.79 Å². The highest BCUT2D eigenvalue weighted by Crippen LogP contribution is 2.19. The van der Waals surface area contributed by atoms with Crippen LogP contribution in [-0.2, 0) is 16.0 Å². The van der Waals surface area contributed by atoms with Crippen LogP contribution in [0.15, 0.2) is 29.4 Å². The van der Waals surface area contributed by atoms with E-state index in [-0.39, 0.29) is 23.9 Å². The van der Waals surface area contributed by atoms with E-state index in [0.717, 1.165) is 11.3 Å². The number of methoxy groups -OCH3 is 1. The van der Waals surface area contributed by atoms with Crippen LogP contribution in [0.2, 0.25) is 0 Å². The molecule has 1 aliphatic heterocycles. The minimum Gasteiger partial charge on any atom is -0.497 e. The van der Waals surface area contributed by atoms with Gasteiger partial charge in [-0.2, -0.15) is 0 Å². The van der Waals surface area contributed by atoms with E-state index in [0.29, 0.717) is 30.5 Å². The molecule has 2 atom stereocenters. The number of amides is 1. The maximum atomic E-state index is 12.5. The monoisotopic (exact) mass is 391 g/mol. The summed E-state index contributed by atoms with van der Waals surface area (Å²) in [5.41, 5.74) is 1.05. The lowest BCUT2D eigenvalue weighted by Gasteiger charge is -2.35. The molecule has 1 saturated heterocycles. The van der Waals surface area contributed by atoms with Crippen LogP contribution in [0.1, 0.15) is 25.2 Å². The van der Waals surface area contributed by atoms with Gasteiger partial charge in [0.2, 0.25) is 11.1 Å². The van der Waals surface area contributed by atoms with Crippen molar-refractivity contribution in [3.8, 4) is 5.75 Å². The number of morpholine rings is 1. The lowest BCUT2D eigenvalue weighted by Crippen LogP contribution is -2.48. The van der Waals surface area contributed by atoms with Gasteiger partial charge in [-0.15, -0.1) is 10.2 Å². The molecule has 8 nitrogen and oxygen atoms in total. The summed E-state index contributed by atoms with van der Waals surface area (Å²) in [6, 6.07) is 7.71. The van der Waals surface area contributed by atoms with Gasteiger partial charge < -0.3 is 20.2 Å². The van der Waals surface area contributed by atoms with Crippen LogP contribution < -0.4 is 10.6 Å². The van der Waals surface area contributed by atoms with Crippen LogP contribution in [0.5, 0.6) is 5.75 Å². The first-order valence-corrected chi connectivity index (χ1v) is 9.83. The zero-order valence-electron chi connectivity index (χ0n) is 15.8. The van der Waals surface area contributed by atoms with Gasteiger partial charge in [-0.1, -0.05) is 23.9 Å². The van der Waals surface area contributed by atoms with E-state index in [1.165, 1.54) is 16.4 Å². The molecule has 1 aromatic heterocycles. The number of thioether (sulfide) groups is 1. The number of carbonyl (C=O) groups is 1. The highest BCUT2D eigenvalue weighted by molar-refractivity contribution is 7.99. The second-order valence-corrected chi connectivity index (χ2v) is 7.58. The fourth-order valence-corrected chi connectivity index (χ4v) is 3.83. The second-order valence-electron chi connectivity index (χ2n) is 6.64. The molecule has 0 radical (unpaired) electrons. The first-order valence-electron chi connectivity index (χ1n) is 8.84. The Labute approximate surface area is 163 Å². The first-order chi connectivity index (χ1) is 13.0. The normalized spacial score (nSPS) is 19.9. The van der Waals surface area contributed by atoms with E-state index in [2.05, 4.69) is 10.2 Å². The first kappa shape index (κ1) is 19.5. The summed E-state index contributed by atoms with van der Waals surface area (Å²) in [5, 5.41) is 8.81. The number of hydrogen-bond acceptors (Lipinski definition) is 7. The van der Waals surface area contributed by atoms with Gasteiger partial charge >= 0.3 is 0 Å². The van der Waals surface area contributed by atoms with Gasteiger partial charge in [0.1, 0.15) is 5.75 Å². The number of hydrogen-bond donors (Lipinski definition) is 1. The number of ether oxygens (including phenoxy) is 2. The molecular formula is C18H25N5O3S. The molecule has 3 rings (SSSR count). The molecule has 0 bridgehead atoms. The van der Waals surface area contributed by atoms with Crippen LogP contribution in [0.3, 0.4) is 0 Å². The molecule has 146 valence electrons. The number of rotatable bonds is 6. The highest BCUT2D eigenvalue weighted by atomic mass is 32.2. The standard InChI is InChI=1S/C18H25N5O3S/c1-12-9-22(10-13(2)26-12)17(24)11-27-18-21-20-16(23(18)19)8-14-4-6-15(25-3)7-5-14/h4-7,12-13H,8-11,19H2,1-3H3/t12-,13-/m0/s1. The molecule has 0 unspecified atom stereocenters. The van der Waals surface area contributed by atoms with Crippen molar-refractivity contribution in [2.75, 3.05) is 31.8 Å². The fraction of sp³-hybridized carbons (Fsp3) is 0.500. The average molecular weight is 391 g/mol. The number of nitrogens with zero attached hydrogens (tertiary/aromatic N) is 4. The van der Waals surface area contributed by atoms with Gasteiger partial charge in [-0.25, -0.2) is 4.68 Å². The third-order valence-corrected chi connectivity index (χ3v) is 5.28. The smallest absolute Gasteiger partial charge is 0.233 e. The summed E-state index contributed by atoms with van der Waals surface area (Å²) < 4.78 is 12.3. The summed E-state index contributed by atoms with van der Waals surface area (Å²) in [7, 11) is 1.63. The molecule has 0 aliphatic carbocycles. The summed E-state index contributed by atoms with van der Waals surface area (Å²) in [6.45, 7) is 5.18. The number of benzene rings is 1. The highest BCUT2D eigenvalue weighted by Gasteiger charge is 2.26. The maximum absolute atomic E-state index is 12.5. The number of nitrogens with two attached hydrogens (primary N) is 1. The minimum atomic E-state index is 0.0527. The molecule has 1 aromatic carbocycles. The third-order valence-electron chi connectivity index (χ3n) is 4.35. The summed E-state index contributed by atoms with van der Waals surface area (Å²) in [4.78, 5) is 14.3. The number of carbonyl (C=O) groups excluding carboxylic acids is 1. The van der Waals surface area contributed by atoms with Crippen LogP contribution in [0.25, 0.3) is 0 Å². The fourth-order valence-electron chi connectivity index (χ4n) is 3.05. The van der Waals surface area contributed by atoms with Crippen LogP contribution in [0, 0.1) is 0 Å². The van der Waals surface area contributed by atoms with Crippen LogP contribution in [-0.4, -0.2) is 63.8 Å². The van der Waals surface area contributed by atoms with Crippen molar-refractivity contribution < 1.29 is 14.3 Å². The molecule has 0 saturated carbocycles. The van der Waals surface area contributed by atoms with Crippen molar-refractivity contribution in [1.82, 2.24) is 19.8 Å². The molecule has 1 amide bonds. The van der Waals surface area contributed by atoms with Gasteiger partial charge in [0.25, 0.3) is 0 Å². The van der Waals surface area contributed by atoms with Gasteiger partial charge in [-0.05, 0) is 31.5 Å². The van der Waals surface area contributed by atoms with E-state index in [9.17, 15) is 4.79 Å². The predicted octanol–water partition coefficient (Wildman–Crippen LogP) is 1.32. The van der Waals surface area contributed by atoms with Gasteiger partial charge in [0.05, 0.1) is 25.1 Å². The Kier molecular flexibility index (Phi) is 6.22. The Hall–Kier alpha value is -2.26. The SMILES string of the molecule is COc1ccc(Cc2nnc(SCC(=O)N3C[C@H](C)O[C@@H](C)C3)n2N)cc1. The quantitative estimate of drug-likeness (QED) is 0.586. The number of aromatic nitrogens is 3. The molecule has 2 aromatic rings. The van der Waals surface area contributed by atoms with Crippen molar-refractivity contribution in [1.29, 1.82) is 0 Å². The average Bonchev–Trinajstić information content (AvgIpc) is 2.99. The molecule has 1 aliphatic rings. The van der Waals surface area contributed by atoms with E-state index in [1.54, 1.807) is 7.11 Å². The summed E-state index contributed by atoms with van der Waals surface area (Å²) in [6.07, 6.45) is 0.662. The van der Waals surface area contributed by atoms with Crippen molar-refractivity contribution in [3.05, 3.63) is 35.7 Å². The third kappa shape index (κ3) is 4.92. The molecule has 1 fully saturated rings. The molecular weight excluding hydrogens is 366 g/mol. The Morgan fingerprint density at radius 1 is 1.26 bits per heavy atom. The topological polar surface area (TPSA) is 95.5 Å². The van der Waals surface area contributed by atoms with E-state index < -0.39 is 0 Å². The maximum Gasteiger partial charge on any atom is 0.233 e. The summed E-state index contributed by atoms with van der Waals surface area (Å²) >= 11 is 1.30. The Bertz CT molecular complexity index is 770. The molecule has 27 heavy (non-hydrogen) atoms. The lowest BCUT2D eigenvalue weighted by molar-refractivity contribution is -0.140. The van der Waals surface area contributed by atoms with Crippen LogP contribution in [0.4, 0.5) is 0 Å². The van der Waals surface area contributed by atoms with Crippen molar-refractivity contribution in [2.45, 2.75) is 37.6 Å². The van der Waals surface area contributed by atoms with E-state index in [1.807, 2.05) is 43.0 Å². The predicted molar refractivity (Wildman–Crippen MR) is 103 cm³/mol. The Morgan fingerprint density at radius 3 is 2.56 bits per heavy atom. The molecule has 2 N–H and O–H groups in total.